The Kier molecular flexibility index (Phi) is 8.06. The summed E-state index contributed by atoms with van der Waals surface area (Å²) in [7, 11) is 0. The maximum Gasteiger partial charge on any atom is 0.409 e. The second kappa shape index (κ2) is 10.5. The molecule has 1 N–H and O–H groups in total. The van der Waals surface area contributed by atoms with Gasteiger partial charge in [-0.25, -0.2) is 4.79 Å². The zero-order valence-corrected chi connectivity index (χ0v) is 15.9. The zero-order valence-electron chi connectivity index (χ0n) is 15.9. The molecule has 3 amide bonds. The van der Waals surface area contributed by atoms with Crippen molar-refractivity contribution < 1.29 is 23.9 Å². The van der Waals surface area contributed by atoms with Gasteiger partial charge in [0, 0.05) is 32.8 Å². The molecule has 0 aromatic heterocycles. The molecular weight excluding hydrogens is 350 g/mol. The van der Waals surface area contributed by atoms with Gasteiger partial charge in [-0.15, -0.1) is 0 Å². The van der Waals surface area contributed by atoms with Crippen LogP contribution in [0.1, 0.15) is 30.6 Å². The summed E-state index contributed by atoms with van der Waals surface area (Å²) < 4.78 is 10.2. The molecule has 1 aromatic rings. The van der Waals surface area contributed by atoms with Crippen molar-refractivity contribution in [3.05, 3.63) is 29.8 Å². The Morgan fingerprint density at radius 2 is 1.67 bits per heavy atom. The van der Waals surface area contributed by atoms with Crippen LogP contribution in [0.5, 0.6) is 0 Å². The highest BCUT2D eigenvalue weighted by atomic mass is 16.6. The Morgan fingerprint density at radius 1 is 1.00 bits per heavy atom. The molecule has 0 saturated carbocycles. The van der Waals surface area contributed by atoms with E-state index in [-0.39, 0.29) is 24.3 Å². The molecule has 1 aliphatic rings. The largest absolute Gasteiger partial charge is 0.450 e. The number of carbonyl (C=O) groups excluding carboxylic acids is 3. The van der Waals surface area contributed by atoms with Gasteiger partial charge in [-0.3, -0.25) is 9.59 Å². The number of anilines is 1. The average molecular weight is 377 g/mol. The predicted octanol–water partition coefficient (Wildman–Crippen LogP) is 1.97. The number of benzene rings is 1. The summed E-state index contributed by atoms with van der Waals surface area (Å²) in [5.41, 5.74) is 0.920. The number of piperazine rings is 1. The highest BCUT2D eigenvalue weighted by Crippen LogP contribution is 2.19. The van der Waals surface area contributed by atoms with E-state index in [9.17, 15) is 14.4 Å². The Hall–Kier alpha value is -2.61. The fourth-order valence-electron chi connectivity index (χ4n) is 2.78. The third-order valence-corrected chi connectivity index (χ3v) is 4.20. The molecule has 1 aromatic carbocycles. The van der Waals surface area contributed by atoms with Crippen molar-refractivity contribution in [3.8, 4) is 0 Å². The van der Waals surface area contributed by atoms with Crippen LogP contribution in [-0.2, 0) is 14.3 Å². The van der Waals surface area contributed by atoms with Crippen molar-refractivity contribution in [1.82, 2.24) is 9.80 Å². The van der Waals surface area contributed by atoms with Gasteiger partial charge in [0.1, 0.15) is 0 Å². The molecule has 8 heteroatoms. The monoisotopic (exact) mass is 377 g/mol. The van der Waals surface area contributed by atoms with E-state index in [4.69, 9.17) is 9.47 Å². The fraction of sp³-hybridized carbons (Fsp3) is 0.526. The molecular formula is C19H27N3O5. The van der Waals surface area contributed by atoms with Gasteiger partial charge in [0.15, 0.2) is 0 Å². The number of para-hydroxylation sites is 1. The standard InChI is InChI=1S/C19H27N3O5/c1-3-26-14-9-17(23)20-16-8-6-5-7-15(16)18(24)21-10-12-22(13-11-21)19(25)27-4-2/h5-8H,3-4,9-14H2,1-2H3,(H,20,23). The fourth-order valence-corrected chi connectivity index (χ4v) is 2.78. The highest BCUT2D eigenvalue weighted by Gasteiger charge is 2.26. The third-order valence-electron chi connectivity index (χ3n) is 4.20. The van der Waals surface area contributed by atoms with Crippen LogP contribution in [0.15, 0.2) is 24.3 Å². The van der Waals surface area contributed by atoms with Gasteiger partial charge in [0.25, 0.3) is 5.91 Å². The molecule has 0 bridgehead atoms. The van der Waals surface area contributed by atoms with Crippen molar-refractivity contribution in [2.45, 2.75) is 20.3 Å². The van der Waals surface area contributed by atoms with Gasteiger partial charge in [-0.1, -0.05) is 12.1 Å². The molecule has 0 radical (unpaired) electrons. The van der Waals surface area contributed by atoms with E-state index in [1.165, 1.54) is 0 Å². The SMILES string of the molecule is CCOCCC(=O)Nc1ccccc1C(=O)N1CCN(C(=O)OCC)CC1. The molecule has 0 atom stereocenters. The number of ether oxygens (including phenoxy) is 2. The first-order valence-electron chi connectivity index (χ1n) is 9.24. The van der Waals surface area contributed by atoms with E-state index in [0.717, 1.165) is 0 Å². The summed E-state index contributed by atoms with van der Waals surface area (Å²) in [6, 6.07) is 6.93. The van der Waals surface area contributed by atoms with E-state index in [0.29, 0.717) is 57.3 Å². The molecule has 0 unspecified atom stereocenters. The number of hydrogen-bond donors (Lipinski definition) is 1. The lowest BCUT2D eigenvalue weighted by Crippen LogP contribution is -2.50. The van der Waals surface area contributed by atoms with Gasteiger partial charge < -0.3 is 24.6 Å². The van der Waals surface area contributed by atoms with Crippen LogP contribution in [0.3, 0.4) is 0 Å². The van der Waals surface area contributed by atoms with Gasteiger partial charge in [0.05, 0.1) is 30.9 Å². The summed E-state index contributed by atoms with van der Waals surface area (Å²) in [5.74, 6) is -0.366. The topological polar surface area (TPSA) is 88.2 Å². The molecule has 1 fully saturated rings. The molecule has 0 aliphatic carbocycles. The molecule has 27 heavy (non-hydrogen) atoms. The lowest BCUT2D eigenvalue weighted by Gasteiger charge is -2.34. The molecule has 148 valence electrons. The van der Waals surface area contributed by atoms with Crippen molar-refractivity contribution in [1.29, 1.82) is 0 Å². The van der Waals surface area contributed by atoms with Gasteiger partial charge in [-0.2, -0.15) is 0 Å². The van der Waals surface area contributed by atoms with Crippen LogP contribution in [-0.4, -0.2) is 73.7 Å². The smallest absolute Gasteiger partial charge is 0.409 e. The van der Waals surface area contributed by atoms with Gasteiger partial charge in [0.2, 0.25) is 5.91 Å². The number of amides is 3. The Morgan fingerprint density at radius 3 is 2.33 bits per heavy atom. The number of rotatable bonds is 7. The number of hydrogen-bond acceptors (Lipinski definition) is 5. The van der Waals surface area contributed by atoms with Crippen molar-refractivity contribution in [2.24, 2.45) is 0 Å². The average Bonchev–Trinajstić information content (AvgIpc) is 2.68. The summed E-state index contributed by atoms with van der Waals surface area (Å²) >= 11 is 0. The first-order chi connectivity index (χ1) is 13.1. The summed E-state index contributed by atoms with van der Waals surface area (Å²) in [6.07, 6.45) is -0.124. The molecule has 0 spiro atoms. The van der Waals surface area contributed by atoms with E-state index in [1.54, 1.807) is 41.0 Å². The Balaban J connectivity index is 1.97. The molecule has 1 aliphatic heterocycles. The first-order valence-corrected chi connectivity index (χ1v) is 9.24. The van der Waals surface area contributed by atoms with Crippen LogP contribution >= 0.6 is 0 Å². The van der Waals surface area contributed by atoms with Crippen LogP contribution in [0.4, 0.5) is 10.5 Å². The maximum absolute atomic E-state index is 12.9. The highest BCUT2D eigenvalue weighted by molar-refractivity contribution is 6.03. The van der Waals surface area contributed by atoms with E-state index >= 15 is 0 Å². The van der Waals surface area contributed by atoms with Crippen LogP contribution in [0.25, 0.3) is 0 Å². The Labute approximate surface area is 159 Å². The van der Waals surface area contributed by atoms with E-state index in [1.807, 2.05) is 6.92 Å². The summed E-state index contributed by atoms with van der Waals surface area (Å²) in [4.78, 5) is 40.0. The van der Waals surface area contributed by atoms with Crippen molar-refractivity contribution in [3.63, 3.8) is 0 Å². The minimum Gasteiger partial charge on any atom is -0.450 e. The summed E-state index contributed by atoms with van der Waals surface area (Å²) in [5, 5.41) is 2.78. The van der Waals surface area contributed by atoms with Crippen molar-refractivity contribution >= 4 is 23.6 Å². The zero-order chi connectivity index (χ0) is 19.6. The normalized spacial score (nSPS) is 14.0. The summed E-state index contributed by atoms with van der Waals surface area (Å²) in [6.45, 7) is 6.54. The van der Waals surface area contributed by atoms with Crippen LogP contribution in [0.2, 0.25) is 0 Å². The van der Waals surface area contributed by atoms with E-state index in [2.05, 4.69) is 5.32 Å². The molecule has 8 nitrogen and oxygen atoms in total. The number of nitrogens with one attached hydrogen (secondary N) is 1. The predicted molar refractivity (Wildman–Crippen MR) is 101 cm³/mol. The van der Waals surface area contributed by atoms with Gasteiger partial charge in [-0.05, 0) is 26.0 Å². The van der Waals surface area contributed by atoms with Crippen LogP contribution < -0.4 is 5.32 Å². The van der Waals surface area contributed by atoms with Crippen molar-refractivity contribution in [2.75, 3.05) is 51.3 Å². The minimum absolute atomic E-state index is 0.167. The quantitative estimate of drug-likeness (QED) is 0.734. The maximum atomic E-state index is 12.9. The molecule has 1 heterocycles. The molecule has 1 saturated heterocycles. The van der Waals surface area contributed by atoms with Gasteiger partial charge >= 0.3 is 6.09 Å². The minimum atomic E-state index is -0.355. The third kappa shape index (κ3) is 5.96. The second-order valence-electron chi connectivity index (χ2n) is 6.02. The van der Waals surface area contributed by atoms with E-state index < -0.39 is 0 Å². The van der Waals surface area contributed by atoms with Crippen LogP contribution in [0, 0.1) is 0 Å². The first kappa shape index (κ1) is 20.7. The lowest BCUT2D eigenvalue weighted by molar-refractivity contribution is -0.117. The number of nitrogens with zero attached hydrogens (tertiary/aromatic N) is 2. The number of carbonyl (C=O) groups is 3. The second-order valence-corrected chi connectivity index (χ2v) is 6.02. The Bertz CT molecular complexity index is 657. The lowest BCUT2D eigenvalue weighted by atomic mass is 10.1. The molecule has 2 rings (SSSR count).